The highest BCUT2D eigenvalue weighted by Crippen LogP contribution is 2.12. The van der Waals surface area contributed by atoms with Gasteiger partial charge in [-0.25, -0.2) is 0 Å². The third-order valence-electron chi connectivity index (χ3n) is 2.97. The number of amides is 1. The van der Waals surface area contributed by atoms with Gasteiger partial charge in [-0.15, -0.1) is 0 Å². The molecule has 1 heterocycles. The van der Waals surface area contributed by atoms with Crippen molar-refractivity contribution in [3.63, 3.8) is 0 Å². The van der Waals surface area contributed by atoms with Crippen molar-refractivity contribution in [1.82, 2.24) is 13.9 Å². The highest BCUT2D eigenvalue weighted by Gasteiger charge is 2.30. The molecule has 0 unspecified atom stereocenters. The van der Waals surface area contributed by atoms with E-state index in [-0.39, 0.29) is 12.5 Å². The molecule has 6 nitrogen and oxygen atoms in total. The molecule has 104 valence electrons. The van der Waals surface area contributed by atoms with Crippen LogP contribution in [0, 0.1) is 0 Å². The largest absolute Gasteiger partial charge is 0.354 e. The van der Waals surface area contributed by atoms with E-state index in [2.05, 4.69) is 5.32 Å². The molecule has 1 saturated heterocycles. The number of hydrogen-bond acceptors (Lipinski definition) is 3. The summed E-state index contributed by atoms with van der Waals surface area (Å²) in [6.45, 7) is 0.854. The highest BCUT2D eigenvalue weighted by atomic mass is 32.2. The smallest absolute Gasteiger partial charge is 0.282 e. The average molecular weight is 283 g/mol. The van der Waals surface area contributed by atoms with E-state index in [1.54, 1.807) is 0 Å². The fourth-order valence-electron chi connectivity index (χ4n) is 1.93. The van der Waals surface area contributed by atoms with Crippen LogP contribution in [0.25, 0.3) is 0 Å². The Morgan fingerprint density at radius 3 is 2.63 bits per heavy atom. The number of rotatable bonds is 4. The van der Waals surface area contributed by atoms with Gasteiger partial charge in [0.25, 0.3) is 10.2 Å². The lowest BCUT2D eigenvalue weighted by Gasteiger charge is -2.30. The van der Waals surface area contributed by atoms with Crippen LogP contribution in [-0.4, -0.2) is 49.6 Å². The molecule has 1 aromatic carbocycles. The van der Waals surface area contributed by atoms with Crippen molar-refractivity contribution < 1.29 is 13.2 Å². The van der Waals surface area contributed by atoms with Gasteiger partial charge in [-0.05, 0) is 5.56 Å². The minimum atomic E-state index is -3.59. The maximum atomic E-state index is 12.3. The fourth-order valence-corrected chi connectivity index (χ4v) is 3.24. The standard InChI is InChI=1S/C12H17N3O3S/c1-14(9-11-5-3-2-4-6-11)19(17,18)15-8-7-13-12(16)10-15/h2-6H,7-10H2,1H3,(H,13,16). The van der Waals surface area contributed by atoms with Crippen LogP contribution in [0.1, 0.15) is 5.56 Å². The van der Waals surface area contributed by atoms with E-state index in [9.17, 15) is 13.2 Å². The van der Waals surface area contributed by atoms with Gasteiger partial charge < -0.3 is 5.32 Å². The summed E-state index contributed by atoms with van der Waals surface area (Å²) in [4.78, 5) is 11.3. The van der Waals surface area contributed by atoms with Crippen molar-refractivity contribution >= 4 is 16.1 Å². The molecule has 0 saturated carbocycles. The molecule has 1 fully saturated rings. The monoisotopic (exact) mass is 283 g/mol. The summed E-state index contributed by atoms with van der Waals surface area (Å²) in [5.74, 6) is -0.261. The number of benzene rings is 1. The van der Waals surface area contributed by atoms with Crippen LogP contribution in [-0.2, 0) is 21.5 Å². The number of nitrogens with one attached hydrogen (secondary N) is 1. The van der Waals surface area contributed by atoms with Crippen molar-refractivity contribution in [2.75, 3.05) is 26.7 Å². The Kier molecular flexibility index (Phi) is 4.18. The molecule has 0 radical (unpaired) electrons. The fraction of sp³-hybridized carbons (Fsp3) is 0.417. The highest BCUT2D eigenvalue weighted by molar-refractivity contribution is 7.86. The lowest BCUT2D eigenvalue weighted by Crippen LogP contribution is -2.53. The van der Waals surface area contributed by atoms with E-state index in [4.69, 9.17) is 0 Å². The zero-order chi connectivity index (χ0) is 13.9. The molecule has 0 aliphatic carbocycles. The van der Waals surface area contributed by atoms with Crippen LogP contribution in [0.15, 0.2) is 30.3 Å². The molecule has 1 aromatic rings. The van der Waals surface area contributed by atoms with Crippen LogP contribution >= 0.6 is 0 Å². The van der Waals surface area contributed by atoms with E-state index in [1.165, 1.54) is 15.7 Å². The molecule has 1 amide bonds. The molecule has 1 aliphatic rings. The van der Waals surface area contributed by atoms with Crippen LogP contribution < -0.4 is 5.32 Å². The number of piperazine rings is 1. The van der Waals surface area contributed by atoms with Gasteiger partial charge in [0.05, 0.1) is 6.54 Å². The molecule has 19 heavy (non-hydrogen) atoms. The van der Waals surface area contributed by atoms with Gasteiger partial charge in [-0.3, -0.25) is 4.79 Å². The third-order valence-corrected chi connectivity index (χ3v) is 4.85. The first-order chi connectivity index (χ1) is 9.00. The van der Waals surface area contributed by atoms with Crippen molar-refractivity contribution in [3.05, 3.63) is 35.9 Å². The lowest BCUT2D eigenvalue weighted by atomic mass is 10.2. The summed E-state index contributed by atoms with van der Waals surface area (Å²) < 4.78 is 27.1. The Morgan fingerprint density at radius 1 is 1.32 bits per heavy atom. The predicted molar refractivity (Wildman–Crippen MR) is 71.4 cm³/mol. The molecule has 0 aromatic heterocycles. The van der Waals surface area contributed by atoms with Crippen LogP contribution in [0.5, 0.6) is 0 Å². The third kappa shape index (κ3) is 3.31. The van der Waals surface area contributed by atoms with Gasteiger partial charge in [-0.1, -0.05) is 30.3 Å². The van der Waals surface area contributed by atoms with Gasteiger partial charge in [0.2, 0.25) is 5.91 Å². The van der Waals surface area contributed by atoms with E-state index in [1.807, 2.05) is 30.3 Å². The quantitative estimate of drug-likeness (QED) is 0.831. The number of nitrogens with zero attached hydrogens (tertiary/aromatic N) is 2. The topological polar surface area (TPSA) is 69.7 Å². The molecular weight excluding hydrogens is 266 g/mol. The Labute approximate surface area is 113 Å². The second kappa shape index (κ2) is 5.68. The second-order valence-electron chi connectivity index (χ2n) is 4.43. The zero-order valence-corrected chi connectivity index (χ0v) is 11.6. The number of carbonyl (C=O) groups is 1. The molecular formula is C12H17N3O3S. The Morgan fingerprint density at radius 2 is 2.00 bits per heavy atom. The maximum Gasteiger partial charge on any atom is 0.282 e. The summed E-state index contributed by atoms with van der Waals surface area (Å²) in [5, 5.41) is 2.61. The molecule has 1 aliphatic heterocycles. The van der Waals surface area contributed by atoms with Gasteiger partial charge >= 0.3 is 0 Å². The zero-order valence-electron chi connectivity index (χ0n) is 10.7. The Balaban J connectivity index is 2.08. The summed E-state index contributed by atoms with van der Waals surface area (Å²) in [6.07, 6.45) is 0. The Bertz CT molecular complexity index is 545. The number of hydrogen-bond donors (Lipinski definition) is 1. The first kappa shape index (κ1) is 14.0. The Hall–Kier alpha value is -1.44. The van der Waals surface area contributed by atoms with Crippen LogP contribution in [0.2, 0.25) is 0 Å². The minimum Gasteiger partial charge on any atom is -0.354 e. The first-order valence-electron chi connectivity index (χ1n) is 6.02. The van der Waals surface area contributed by atoms with Crippen molar-refractivity contribution in [2.24, 2.45) is 0 Å². The van der Waals surface area contributed by atoms with Crippen LogP contribution in [0.3, 0.4) is 0 Å². The van der Waals surface area contributed by atoms with Gasteiger partial charge in [0, 0.05) is 26.7 Å². The van der Waals surface area contributed by atoms with E-state index in [0.717, 1.165) is 5.56 Å². The minimum absolute atomic E-state index is 0.110. The molecule has 0 spiro atoms. The lowest BCUT2D eigenvalue weighted by molar-refractivity contribution is -0.122. The summed E-state index contributed by atoms with van der Waals surface area (Å²) in [6, 6.07) is 9.35. The SMILES string of the molecule is CN(Cc1ccccc1)S(=O)(=O)N1CCNC(=O)C1. The van der Waals surface area contributed by atoms with E-state index >= 15 is 0 Å². The van der Waals surface area contributed by atoms with Crippen molar-refractivity contribution in [3.8, 4) is 0 Å². The first-order valence-corrected chi connectivity index (χ1v) is 7.42. The second-order valence-corrected chi connectivity index (χ2v) is 6.47. The summed E-state index contributed by atoms with van der Waals surface area (Å²) in [5.41, 5.74) is 0.912. The predicted octanol–water partition coefficient (Wildman–Crippen LogP) is -0.205. The van der Waals surface area contributed by atoms with E-state index < -0.39 is 10.2 Å². The van der Waals surface area contributed by atoms with Gasteiger partial charge in [0.15, 0.2) is 0 Å². The van der Waals surface area contributed by atoms with Gasteiger partial charge in [-0.2, -0.15) is 17.0 Å². The molecule has 1 N–H and O–H groups in total. The maximum absolute atomic E-state index is 12.3. The van der Waals surface area contributed by atoms with Crippen LogP contribution in [0.4, 0.5) is 0 Å². The molecule has 7 heteroatoms. The molecule has 0 bridgehead atoms. The number of carbonyl (C=O) groups excluding carboxylic acids is 1. The van der Waals surface area contributed by atoms with Crippen molar-refractivity contribution in [1.29, 1.82) is 0 Å². The molecule has 0 atom stereocenters. The summed E-state index contributed by atoms with van der Waals surface area (Å²) >= 11 is 0. The summed E-state index contributed by atoms with van der Waals surface area (Å²) in [7, 11) is -2.06. The molecule has 2 rings (SSSR count). The van der Waals surface area contributed by atoms with E-state index in [0.29, 0.717) is 19.6 Å². The van der Waals surface area contributed by atoms with Gasteiger partial charge in [0.1, 0.15) is 0 Å². The average Bonchev–Trinajstić information content (AvgIpc) is 2.40. The normalized spacial score (nSPS) is 17.5. The van der Waals surface area contributed by atoms with Crippen molar-refractivity contribution in [2.45, 2.75) is 6.54 Å².